The smallest absolute Gasteiger partial charge is 0.119 e. The van der Waals surface area contributed by atoms with Gasteiger partial charge in [-0.25, -0.2) is 4.98 Å². The standard InChI is InChI=1S/C13H9ClN2S2/c1-17-11-5-2-6-12(9(11)8-15)18-13-10(14)4-3-7-16-13/h2-7H,1H3. The Kier molecular flexibility index (Phi) is 4.54. The van der Waals surface area contributed by atoms with Crippen molar-refractivity contribution in [3.63, 3.8) is 0 Å². The molecule has 0 aliphatic carbocycles. The molecule has 0 aliphatic heterocycles. The summed E-state index contributed by atoms with van der Waals surface area (Å²) >= 11 is 9.05. The van der Waals surface area contributed by atoms with E-state index in [9.17, 15) is 5.26 Å². The van der Waals surface area contributed by atoms with Crippen LogP contribution in [0.15, 0.2) is 51.3 Å². The van der Waals surface area contributed by atoms with Gasteiger partial charge in [0.25, 0.3) is 0 Å². The first-order valence-corrected chi connectivity index (χ1v) is 7.53. The van der Waals surface area contributed by atoms with Gasteiger partial charge in [0.15, 0.2) is 0 Å². The molecule has 0 amide bonds. The maximum atomic E-state index is 9.25. The summed E-state index contributed by atoms with van der Waals surface area (Å²) in [5.74, 6) is 0. The molecule has 0 atom stereocenters. The first kappa shape index (κ1) is 13.3. The van der Waals surface area contributed by atoms with Crippen LogP contribution in [0.3, 0.4) is 0 Å². The number of hydrogen-bond acceptors (Lipinski definition) is 4. The van der Waals surface area contributed by atoms with Gasteiger partial charge in [-0.15, -0.1) is 11.8 Å². The van der Waals surface area contributed by atoms with Gasteiger partial charge in [-0.05, 0) is 30.5 Å². The Morgan fingerprint density at radius 3 is 2.67 bits per heavy atom. The van der Waals surface area contributed by atoms with Crippen molar-refractivity contribution in [1.29, 1.82) is 5.26 Å². The van der Waals surface area contributed by atoms with Gasteiger partial charge in [0.1, 0.15) is 11.1 Å². The maximum absolute atomic E-state index is 9.25. The molecule has 18 heavy (non-hydrogen) atoms. The molecular formula is C13H9ClN2S2. The third-order valence-corrected chi connectivity index (χ3v) is 4.53. The van der Waals surface area contributed by atoms with E-state index < -0.39 is 0 Å². The van der Waals surface area contributed by atoms with E-state index >= 15 is 0 Å². The molecule has 0 unspecified atom stereocenters. The molecule has 0 fully saturated rings. The molecule has 2 aromatic rings. The Labute approximate surface area is 119 Å². The quantitative estimate of drug-likeness (QED) is 0.782. The van der Waals surface area contributed by atoms with Gasteiger partial charge in [-0.3, -0.25) is 0 Å². The number of thioether (sulfide) groups is 1. The third kappa shape index (κ3) is 2.81. The fourth-order valence-electron chi connectivity index (χ4n) is 1.43. The number of halogens is 1. The van der Waals surface area contributed by atoms with Crippen molar-refractivity contribution in [3.8, 4) is 6.07 Å². The molecule has 0 radical (unpaired) electrons. The molecule has 0 saturated heterocycles. The lowest BCUT2D eigenvalue weighted by Crippen LogP contribution is -1.87. The topological polar surface area (TPSA) is 36.7 Å². The lowest BCUT2D eigenvalue weighted by Gasteiger charge is -2.07. The van der Waals surface area contributed by atoms with E-state index in [1.54, 1.807) is 30.1 Å². The summed E-state index contributed by atoms with van der Waals surface area (Å²) in [6.45, 7) is 0. The second kappa shape index (κ2) is 6.14. The van der Waals surface area contributed by atoms with Crippen LogP contribution in [0.25, 0.3) is 0 Å². The Balaban J connectivity index is 2.42. The molecule has 0 aliphatic rings. The lowest BCUT2D eigenvalue weighted by molar-refractivity contribution is 1.13. The molecule has 90 valence electrons. The van der Waals surface area contributed by atoms with Gasteiger partial charge in [0, 0.05) is 16.0 Å². The van der Waals surface area contributed by atoms with Crippen LogP contribution in [-0.2, 0) is 0 Å². The van der Waals surface area contributed by atoms with Crippen molar-refractivity contribution < 1.29 is 0 Å². The first-order valence-electron chi connectivity index (χ1n) is 5.11. The summed E-state index contributed by atoms with van der Waals surface area (Å²) in [4.78, 5) is 6.07. The predicted molar refractivity (Wildman–Crippen MR) is 76.3 cm³/mol. The summed E-state index contributed by atoms with van der Waals surface area (Å²) in [6, 6.07) is 11.6. The van der Waals surface area contributed by atoms with Crippen molar-refractivity contribution in [2.75, 3.05) is 6.26 Å². The third-order valence-electron chi connectivity index (χ3n) is 2.25. The van der Waals surface area contributed by atoms with E-state index in [0.29, 0.717) is 15.6 Å². The monoisotopic (exact) mass is 292 g/mol. The van der Waals surface area contributed by atoms with Crippen LogP contribution in [0.5, 0.6) is 0 Å². The average molecular weight is 293 g/mol. The summed E-state index contributed by atoms with van der Waals surface area (Å²) in [6.07, 6.45) is 3.65. The highest BCUT2D eigenvalue weighted by molar-refractivity contribution is 8.00. The highest BCUT2D eigenvalue weighted by atomic mass is 35.5. The minimum atomic E-state index is 0.598. The van der Waals surface area contributed by atoms with Crippen molar-refractivity contribution in [2.24, 2.45) is 0 Å². The summed E-state index contributed by atoms with van der Waals surface area (Å²) < 4.78 is 0. The number of nitrogens with zero attached hydrogens (tertiary/aromatic N) is 2. The number of nitriles is 1. The highest BCUT2D eigenvalue weighted by Gasteiger charge is 2.11. The number of aromatic nitrogens is 1. The lowest BCUT2D eigenvalue weighted by atomic mass is 10.2. The van der Waals surface area contributed by atoms with Gasteiger partial charge in [-0.2, -0.15) is 5.26 Å². The molecule has 1 aromatic heterocycles. The maximum Gasteiger partial charge on any atom is 0.119 e. The Hall–Kier alpha value is -1.15. The summed E-state index contributed by atoms with van der Waals surface area (Å²) in [7, 11) is 0. The molecule has 0 saturated carbocycles. The molecule has 0 bridgehead atoms. The van der Waals surface area contributed by atoms with Gasteiger partial charge in [0.05, 0.1) is 10.6 Å². The van der Waals surface area contributed by atoms with E-state index in [4.69, 9.17) is 11.6 Å². The molecule has 2 nitrogen and oxygen atoms in total. The minimum Gasteiger partial charge on any atom is -0.248 e. The fourth-order valence-corrected chi connectivity index (χ4v) is 3.19. The van der Waals surface area contributed by atoms with E-state index in [2.05, 4.69) is 11.1 Å². The second-order valence-electron chi connectivity index (χ2n) is 3.34. The van der Waals surface area contributed by atoms with Crippen molar-refractivity contribution in [3.05, 3.63) is 47.1 Å². The van der Waals surface area contributed by atoms with Gasteiger partial charge < -0.3 is 0 Å². The van der Waals surface area contributed by atoms with Crippen LogP contribution in [-0.4, -0.2) is 11.2 Å². The number of benzene rings is 1. The zero-order chi connectivity index (χ0) is 13.0. The average Bonchev–Trinajstić information content (AvgIpc) is 2.41. The highest BCUT2D eigenvalue weighted by Crippen LogP contribution is 2.36. The second-order valence-corrected chi connectivity index (χ2v) is 5.62. The molecule has 0 N–H and O–H groups in total. The summed E-state index contributed by atoms with van der Waals surface area (Å²) in [5, 5.41) is 10.6. The molecular weight excluding hydrogens is 284 g/mol. The van der Waals surface area contributed by atoms with Crippen molar-refractivity contribution >= 4 is 35.1 Å². The predicted octanol–water partition coefficient (Wildman–Crippen LogP) is 4.48. The number of pyridine rings is 1. The number of rotatable bonds is 3. The Morgan fingerprint density at radius 1 is 1.22 bits per heavy atom. The molecule has 5 heteroatoms. The van der Waals surface area contributed by atoms with Crippen LogP contribution >= 0.6 is 35.1 Å². The normalized spacial score (nSPS) is 10.1. The van der Waals surface area contributed by atoms with E-state index in [1.165, 1.54) is 11.8 Å². The number of hydrogen-bond donors (Lipinski definition) is 0. The Bertz CT molecular complexity index is 608. The van der Waals surface area contributed by atoms with E-state index in [1.807, 2.05) is 24.5 Å². The zero-order valence-corrected chi connectivity index (χ0v) is 11.9. The molecule has 2 rings (SSSR count). The minimum absolute atomic E-state index is 0.598. The Morgan fingerprint density at radius 2 is 2.00 bits per heavy atom. The zero-order valence-electron chi connectivity index (χ0n) is 9.55. The van der Waals surface area contributed by atoms with Crippen molar-refractivity contribution in [2.45, 2.75) is 14.8 Å². The van der Waals surface area contributed by atoms with Crippen LogP contribution in [0.4, 0.5) is 0 Å². The van der Waals surface area contributed by atoms with Crippen LogP contribution < -0.4 is 0 Å². The van der Waals surface area contributed by atoms with Crippen LogP contribution in [0.1, 0.15) is 5.56 Å². The van der Waals surface area contributed by atoms with Crippen molar-refractivity contribution in [1.82, 2.24) is 4.98 Å². The van der Waals surface area contributed by atoms with E-state index in [-0.39, 0.29) is 0 Å². The largest absolute Gasteiger partial charge is 0.248 e. The molecule has 1 heterocycles. The van der Waals surface area contributed by atoms with Gasteiger partial charge in [0.2, 0.25) is 0 Å². The van der Waals surface area contributed by atoms with Gasteiger partial charge >= 0.3 is 0 Å². The summed E-state index contributed by atoms with van der Waals surface area (Å²) in [5.41, 5.74) is 0.678. The molecule has 0 spiro atoms. The SMILES string of the molecule is CSc1cccc(Sc2ncccc2Cl)c1C#N. The first-order chi connectivity index (χ1) is 8.76. The molecule has 1 aromatic carbocycles. The van der Waals surface area contributed by atoms with Crippen LogP contribution in [0, 0.1) is 11.3 Å². The van der Waals surface area contributed by atoms with E-state index in [0.717, 1.165) is 9.79 Å². The van der Waals surface area contributed by atoms with Gasteiger partial charge in [-0.1, -0.05) is 29.4 Å². The fraction of sp³-hybridized carbons (Fsp3) is 0.0769. The van der Waals surface area contributed by atoms with Crippen LogP contribution in [0.2, 0.25) is 5.02 Å².